The van der Waals surface area contributed by atoms with Gasteiger partial charge in [0.1, 0.15) is 11.4 Å². The molecule has 2 amide bonds. The number of amides is 2. The molecule has 150 valence electrons. The van der Waals surface area contributed by atoms with Crippen LogP contribution in [0.5, 0.6) is 5.75 Å². The molecule has 4 rings (SSSR count). The summed E-state index contributed by atoms with van der Waals surface area (Å²) in [5.41, 5.74) is 4.45. The van der Waals surface area contributed by atoms with Crippen molar-refractivity contribution in [2.45, 2.75) is 33.1 Å². The maximum absolute atomic E-state index is 13.5. The summed E-state index contributed by atoms with van der Waals surface area (Å²) in [7, 11) is 1.61. The molecule has 2 aliphatic heterocycles. The number of aryl methyl sites for hydroxylation is 2. The highest BCUT2D eigenvalue weighted by molar-refractivity contribution is 6.45. The summed E-state index contributed by atoms with van der Waals surface area (Å²) in [6.45, 7) is 5.55. The van der Waals surface area contributed by atoms with E-state index in [2.05, 4.69) is 4.90 Å². The Kier molecular flexibility index (Phi) is 5.14. The monoisotopic (exact) mass is 390 g/mol. The standard InChI is InChI=1S/C24H26N2O3/c1-16-13-17(2)15-19(14-16)26-23(27)21(18-7-9-20(29-3)10-8-18)22(24(26)28)25-11-5-4-6-12-25/h7-10,13-15H,4-6,11-12H2,1-3H3. The van der Waals surface area contributed by atoms with E-state index in [1.807, 2.05) is 56.3 Å². The first kappa shape index (κ1) is 19.2. The highest BCUT2D eigenvalue weighted by Gasteiger charge is 2.42. The summed E-state index contributed by atoms with van der Waals surface area (Å²) in [4.78, 5) is 30.5. The number of methoxy groups -OCH3 is 1. The second-order valence-corrected chi connectivity index (χ2v) is 7.79. The molecule has 1 saturated heterocycles. The molecule has 0 bridgehead atoms. The van der Waals surface area contributed by atoms with Crippen LogP contribution >= 0.6 is 0 Å². The van der Waals surface area contributed by atoms with Crippen LogP contribution in [-0.4, -0.2) is 36.9 Å². The summed E-state index contributed by atoms with van der Waals surface area (Å²) >= 11 is 0. The maximum atomic E-state index is 13.5. The zero-order valence-electron chi connectivity index (χ0n) is 17.2. The van der Waals surface area contributed by atoms with Crippen LogP contribution in [-0.2, 0) is 9.59 Å². The lowest BCUT2D eigenvalue weighted by atomic mass is 10.0. The third-order valence-electron chi connectivity index (χ3n) is 5.58. The van der Waals surface area contributed by atoms with Crippen molar-refractivity contribution in [1.29, 1.82) is 0 Å². The normalized spacial score (nSPS) is 17.3. The van der Waals surface area contributed by atoms with Crippen LogP contribution in [0.2, 0.25) is 0 Å². The van der Waals surface area contributed by atoms with Crippen molar-refractivity contribution >= 4 is 23.1 Å². The summed E-state index contributed by atoms with van der Waals surface area (Å²) < 4.78 is 5.25. The molecule has 0 N–H and O–H groups in total. The van der Waals surface area contributed by atoms with E-state index >= 15 is 0 Å². The van der Waals surface area contributed by atoms with Crippen molar-refractivity contribution in [3.05, 3.63) is 64.9 Å². The molecule has 0 atom stereocenters. The largest absolute Gasteiger partial charge is 0.497 e. The molecule has 5 nitrogen and oxygen atoms in total. The number of piperidine rings is 1. The molecule has 2 aromatic carbocycles. The van der Waals surface area contributed by atoms with E-state index in [1.54, 1.807) is 7.11 Å². The van der Waals surface area contributed by atoms with Gasteiger partial charge in [0.05, 0.1) is 18.4 Å². The lowest BCUT2D eigenvalue weighted by molar-refractivity contribution is -0.120. The lowest BCUT2D eigenvalue weighted by Gasteiger charge is -2.29. The van der Waals surface area contributed by atoms with Crippen LogP contribution in [0.3, 0.4) is 0 Å². The highest BCUT2D eigenvalue weighted by atomic mass is 16.5. The summed E-state index contributed by atoms with van der Waals surface area (Å²) in [5.74, 6) is 0.232. The van der Waals surface area contributed by atoms with Gasteiger partial charge < -0.3 is 9.64 Å². The summed E-state index contributed by atoms with van der Waals surface area (Å²) in [6.07, 6.45) is 3.22. The zero-order valence-corrected chi connectivity index (χ0v) is 17.2. The SMILES string of the molecule is COc1ccc(C2=C(N3CCCCC3)C(=O)N(c3cc(C)cc(C)c3)C2=O)cc1. The van der Waals surface area contributed by atoms with Gasteiger partial charge in [0.2, 0.25) is 0 Å². The number of benzene rings is 2. The Morgan fingerprint density at radius 2 is 1.45 bits per heavy atom. The predicted molar refractivity (Wildman–Crippen MR) is 114 cm³/mol. The molecule has 0 saturated carbocycles. The smallest absolute Gasteiger partial charge is 0.282 e. The van der Waals surface area contributed by atoms with Gasteiger partial charge in [0.25, 0.3) is 11.8 Å². The number of nitrogens with zero attached hydrogens (tertiary/aromatic N) is 2. The molecule has 5 heteroatoms. The van der Waals surface area contributed by atoms with E-state index in [1.165, 1.54) is 4.90 Å². The van der Waals surface area contributed by atoms with Crippen LogP contribution in [0.4, 0.5) is 5.69 Å². The van der Waals surface area contributed by atoms with Gasteiger partial charge in [-0.25, -0.2) is 4.90 Å². The number of imide groups is 1. The van der Waals surface area contributed by atoms with Crippen LogP contribution in [0.1, 0.15) is 36.0 Å². The van der Waals surface area contributed by atoms with Crippen LogP contribution in [0.25, 0.3) is 5.57 Å². The molecule has 29 heavy (non-hydrogen) atoms. The fourth-order valence-corrected chi connectivity index (χ4v) is 4.26. The molecular formula is C24H26N2O3. The maximum Gasteiger partial charge on any atom is 0.282 e. The Morgan fingerprint density at radius 1 is 0.828 bits per heavy atom. The Labute approximate surface area is 171 Å². The third kappa shape index (κ3) is 3.53. The topological polar surface area (TPSA) is 49.9 Å². The van der Waals surface area contributed by atoms with E-state index in [0.717, 1.165) is 54.8 Å². The average Bonchev–Trinajstić information content (AvgIpc) is 2.98. The van der Waals surface area contributed by atoms with Gasteiger partial charge in [0, 0.05) is 13.1 Å². The molecule has 2 aromatic rings. The number of hydrogen-bond donors (Lipinski definition) is 0. The van der Waals surface area contributed by atoms with Crippen molar-refractivity contribution in [2.75, 3.05) is 25.1 Å². The highest BCUT2D eigenvalue weighted by Crippen LogP contribution is 2.36. The fraction of sp³-hybridized carbons (Fsp3) is 0.333. The molecular weight excluding hydrogens is 364 g/mol. The number of rotatable bonds is 4. The molecule has 0 radical (unpaired) electrons. The second-order valence-electron chi connectivity index (χ2n) is 7.79. The first-order valence-electron chi connectivity index (χ1n) is 10.1. The van der Waals surface area contributed by atoms with Crippen molar-refractivity contribution in [2.24, 2.45) is 0 Å². The van der Waals surface area contributed by atoms with Crippen molar-refractivity contribution in [3.63, 3.8) is 0 Å². The Balaban J connectivity index is 1.82. The minimum atomic E-state index is -0.259. The van der Waals surface area contributed by atoms with Gasteiger partial charge >= 0.3 is 0 Å². The first-order chi connectivity index (χ1) is 14.0. The second kappa shape index (κ2) is 7.74. The molecule has 0 spiro atoms. The van der Waals surface area contributed by atoms with Crippen molar-refractivity contribution in [3.8, 4) is 5.75 Å². The fourth-order valence-electron chi connectivity index (χ4n) is 4.26. The quantitative estimate of drug-likeness (QED) is 0.738. The molecule has 0 aromatic heterocycles. The Morgan fingerprint density at radius 3 is 2.03 bits per heavy atom. The summed E-state index contributed by atoms with van der Waals surface area (Å²) in [6, 6.07) is 13.2. The Hall–Kier alpha value is -3.08. The van der Waals surface area contributed by atoms with Crippen molar-refractivity contribution in [1.82, 2.24) is 4.90 Å². The lowest BCUT2D eigenvalue weighted by Crippen LogP contribution is -2.37. The first-order valence-corrected chi connectivity index (χ1v) is 10.1. The molecule has 2 aliphatic rings. The van der Waals surface area contributed by atoms with E-state index in [9.17, 15) is 9.59 Å². The van der Waals surface area contributed by atoms with E-state index in [0.29, 0.717) is 17.0 Å². The van der Waals surface area contributed by atoms with Gasteiger partial charge in [-0.2, -0.15) is 0 Å². The molecule has 1 fully saturated rings. The number of carbonyl (C=O) groups is 2. The number of carbonyl (C=O) groups excluding carboxylic acids is 2. The predicted octanol–water partition coefficient (Wildman–Crippen LogP) is 4.08. The minimum absolute atomic E-state index is 0.229. The molecule has 0 aliphatic carbocycles. The van der Waals surface area contributed by atoms with E-state index in [-0.39, 0.29) is 11.8 Å². The number of ether oxygens (including phenoxy) is 1. The van der Waals surface area contributed by atoms with Crippen LogP contribution in [0, 0.1) is 13.8 Å². The van der Waals surface area contributed by atoms with E-state index < -0.39 is 0 Å². The molecule has 2 heterocycles. The zero-order chi connectivity index (χ0) is 20.5. The minimum Gasteiger partial charge on any atom is -0.497 e. The van der Waals surface area contributed by atoms with Crippen LogP contribution in [0.15, 0.2) is 48.2 Å². The number of likely N-dealkylation sites (tertiary alicyclic amines) is 1. The van der Waals surface area contributed by atoms with Crippen molar-refractivity contribution < 1.29 is 14.3 Å². The van der Waals surface area contributed by atoms with Gasteiger partial charge in [-0.15, -0.1) is 0 Å². The average molecular weight is 390 g/mol. The van der Waals surface area contributed by atoms with Gasteiger partial charge in [0.15, 0.2) is 0 Å². The van der Waals surface area contributed by atoms with Gasteiger partial charge in [-0.1, -0.05) is 18.2 Å². The Bertz CT molecular complexity index is 965. The van der Waals surface area contributed by atoms with Crippen LogP contribution < -0.4 is 9.64 Å². The molecule has 0 unspecified atom stereocenters. The number of anilines is 1. The van der Waals surface area contributed by atoms with Gasteiger partial charge in [-0.3, -0.25) is 9.59 Å². The number of hydrogen-bond acceptors (Lipinski definition) is 4. The third-order valence-corrected chi connectivity index (χ3v) is 5.58. The summed E-state index contributed by atoms with van der Waals surface area (Å²) in [5, 5.41) is 0. The van der Waals surface area contributed by atoms with E-state index in [4.69, 9.17) is 4.74 Å². The van der Waals surface area contributed by atoms with Gasteiger partial charge in [-0.05, 0) is 74.1 Å².